The molecular weight excluding hydrogens is 238 g/mol. The van der Waals surface area contributed by atoms with Gasteiger partial charge >= 0.3 is 0 Å². The zero-order chi connectivity index (χ0) is 13.4. The molecule has 0 bridgehead atoms. The summed E-state index contributed by atoms with van der Waals surface area (Å²) >= 11 is 0. The molecule has 0 aliphatic heterocycles. The van der Waals surface area contributed by atoms with E-state index >= 15 is 0 Å². The molecule has 100 valence electrons. The van der Waals surface area contributed by atoms with Crippen molar-refractivity contribution in [3.63, 3.8) is 0 Å². The minimum absolute atomic E-state index is 0.401. The largest absolute Gasteiger partial charge is 0.399 e. The third-order valence-electron chi connectivity index (χ3n) is 4.40. The Hall–Kier alpha value is -1.91. The summed E-state index contributed by atoms with van der Waals surface area (Å²) in [5, 5.41) is 12.2. The van der Waals surface area contributed by atoms with Crippen LogP contribution in [0.3, 0.4) is 0 Å². The van der Waals surface area contributed by atoms with Crippen LogP contribution in [-0.4, -0.2) is 20.2 Å². The Morgan fingerprint density at radius 3 is 2.53 bits per heavy atom. The SMILES string of the molecule is CC1CCC(n2nnnc2-c2ccc(N)cc2)C1C. The van der Waals surface area contributed by atoms with Gasteiger partial charge in [-0.05, 0) is 59.4 Å². The number of anilines is 1. The minimum Gasteiger partial charge on any atom is -0.399 e. The Balaban J connectivity index is 1.97. The van der Waals surface area contributed by atoms with Crippen molar-refractivity contribution in [2.45, 2.75) is 32.7 Å². The highest BCUT2D eigenvalue weighted by atomic mass is 15.6. The quantitative estimate of drug-likeness (QED) is 0.839. The fourth-order valence-corrected chi connectivity index (χ4v) is 2.92. The second-order valence-electron chi connectivity index (χ2n) is 5.55. The molecule has 5 nitrogen and oxygen atoms in total. The van der Waals surface area contributed by atoms with Gasteiger partial charge in [-0.3, -0.25) is 0 Å². The van der Waals surface area contributed by atoms with Crippen molar-refractivity contribution in [3.05, 3.63) is 24.3 Å². The van der Waals surface area contributed by atoms with Crippen LogP contribution in [0.15, 0.2) is 24.3 Å². The molecule has 19 heavy (non-hydrogen) atoms. The molecule has 1 aliphatic rings. The molecule has 3 atom stereocenters. The average Bonchev–Trinajstić information content (AvgIpc) is 2.99. The van der Waals surface area contributed by atoms with Crippen molar-refractivity contribution in [2.24, 2.45) is 11.8 Å². The summed E-state index contributed by atoms with van der Waals surface area (Å²) in [6.45, 7) is 4.59. The highest BCUT2D eigenvalue weighted by molar-refractivity contribution is 5.58. The summed E-state index contributed by atoms with van der Waals surface area (Å²) in [6, 6.07) is 8.11. The molecule has 3 rings (SSSR count). The Labute approximate surface area is 112 Å². The van der Waals surface area contributed by atoms with Crippen molar-refractivity contribution in [1.82, 2.24) is 20.2 Å². The van der Waals surface area contributed by atoms with Gasteiger partial charge < -0.3 is 5.73 Å². The van der Waals surface area contributed by atoms with E-state index in [0.717, 1.165) is 29.4 Å². The van der Waals surface area contributed by atoms with E-state index in [1.165, 1.54) is 6.42 Å². The summed E-state index contributed by atoms with van der Waals surface area (Å²) in [5.74, 6) is 2.18. The van der Waals surface area contributed by atoms with Crippen LogP contribution < -0.4 is 5.73 Å². The zero-order valence-corrected chi connectivity index (χ0v) is 11.3. The van der Waals surface area contributed by atoms with Crippen molar-refractivity contribution in [2.75, 3.05) is 5.73 Å². The minimum atomic E-state index is 0.401. The summed E-state index contributed by atoms with van der Waals surface area (Å²) in [5.41, 5.74) is 7.50. The van der Waals surface area contributed by atoms with Crippen molar-refractivity contribution in [3.8, 4) is 11.4 Å². The molecule has 1 aromatic carbocycles. The normalized spacial score (nSPS) is 26.7. The monoisotopic (exact) mass is 257 g/mol. The summed E-state index contributed by atoms with van der Waals surface area (Å²) in [7, 11) is 0. The van der Waals surface area contributed by atoms with Crippen LogP contribution in [0.2, 0.25) is 0 Å². The van der Waals surface area contributed by atoms with Gasteiger partial charge in [0, 0.05) is 11.3 Å². The van der Waals surface area contributed by atoms with Crippen LogP contribution in [0.4, 0.5) is 5.69 Å². The molecule has 0 spiro atoms. The van der Waals surface area contributed by atoms with Gasteiger partial charge in [0.25, 0.3) is 0 Å². The molecule has 2 aromatic rings. The highest BCUT2D eigenvalue weighted by Crippen LogP contribution is 2.40. The van der Waals surface area contributed by atoms with E-state index < -0.39 is 0 Å². The molecule has 1 fully saturated rings. The van der Waals surface area contributed by atoms with Gasteiger partial charge in [-0.2, -0.15) is 0 Å². The van der Waals surface area contributed by atoms with Gasteiger partial charge in [0.15, 0.2) is 5.82 Å². The van der Waals surface area contributed by atoms with Crippen molar-refractivity contribution < 1.29 is 0 Å². The lowest BCUT2D eigenvalue weighted by atomic mass is 9.98. The van der Waals surface area contributed by atoms with Crippen LogP contribution in [-0.2, 0) is 0 Å². The van der Waals surface area contributed by atoms with Gasteiger partial charge in [-0.25, -0.2) is 4.68 Å². The van der Waals surface area contributed by atoms with E-state index in [-0.39, 0.29) is 0 Å². The molecule has 3 unspecified atom stereocenters. The number of tetrazole rings is 1. The molecule has 1 aromatic heterocycles. The van der Waals surface area contributed by atoms with Crippen LogP contribution in [0.25, 0.3) is 11.4 Å². The summed E-state index contributed by atoms with van der Waals surface area (Å²) < 4.78 is 1.99. The van der Waals surface area contributed by atoms with Gasteiger partial charge in [-0.15, -0.1) is 5.10 Å². The molecule has 0 radical (unpaired) electrons. The van der Waals surface area contributed by atoms with Gasteiger partial charge in [0.05, 0.1) is 6.04 Å². The van der Waals surface area contributed by atoms with Gasteiger partial charge in [0.1, 0.15) is 0 Å². The van der Waals surface area contributed by atoms with Crippen LogP contribution in [0, 0.1) is 11.8 Å². The lowest BCUT2D eigenvalue weighted by Crippen LogP contribution is -2.17. The van der Waals surface area contributed by atoms with E-state index in [1.54, 1.807) is 0 Å². The molecule has 5 heteroatoms. The Morgan fingerprint density at radius 1 is 1.16 bits per heavy atom. The standard InChI is InChI=1S/C14H19N5/c1-9-3-8-13(10(9)2)19-14(16-17-18-19)11-4-6-12(15)7-5-11/h4-7,9-10,13H,3,8,15H2,1-2H3. The molecule has 0 saturated heterocycles. The number of hydrogen-bond donors (Lipinski definition) is 1. The number of nitrogen functional groups attached to an aromatic ring is 1. The molecular formula is C14H19N5. The lowest BCUT2D eigenvalue weighted by Gasteiger charge is -2.19. The van der Waals surface area contributed by atoms with E-state index in [1.807, 2.05) is 28.9 Å². The third kappa shape index (κ3) is 2.09. The number of rotatable bonds is 2. The van der Waals surface area contributed by atoms with E-state index in [0.29, 0.717) is 12.0 Å². The topological polar surface area (TPSA) is 69.6 Å². The molecule has 2 N–H and O–H groups in total. The third-order valence-corrected chi connectivity index (χ3v) is 4.40. The number of aromatic nitrogens is 4. The lowest BCUT2D eigenvalue weighted by molar-refractivity contribution is 0.328. The van der Waals surface area contributed by atoms with E-state index in [4.69, 9.17) is 5.73 Å². The number of nitrogens with two attached hydrogens (primary N) is 1. The molecule has 1 heterocycles. The number of nitrogens with zero attached hydrogens (tertiary/aromatic N) is 4. The first-order chi connectivity index (χ1) is 9.16. The van der Waals surface area contributed by atoms with Crippen molar-refractivity contribution >= 4 is 5.69 Å². The van der Waals surface area contributed by atoms with Crippen LogP contribution >= 0.6 is 0 Å². The fraction of sp³-hybridized carbons (Fsp3) is 0.500. The van der Waals surface area contributed by atoms with Crippen LogP contribution in [0.1, 0.15) is 32.7 Å². The maximum absolute atomic E-state index is 5.72. The van der Waals surface area contributed by atoms with Crippen LogP contribution in [0.5, 0.6) is 0 Å². The summed E-state index contributed by atoms with van der Waals surface area (Å²) in [4.78, 5) is 0. The zero-order valence-electron chi connectivity index (χ0n) is 11.3. The van der Waals surface area contributed by atoms with E-state index in [9.17, 15) is 0 Å². The average molecular weight is 257 g/mol. The fourth-order valence-electron chi connectivity index (χ4n) is 2.92. The Bertz CT molecular complexity index is 559. The second kappa shape index (κ2) is 4.64. The maximum atomic E-state index is 5.72. The molecule has 0 amide bonds. The predicted octanol–water partition coefficient (Wildman–Crippen LogP) is 2.53. The molecule has 1 saturated carbocycles. The smallest absolute Gasteiger partial charge is 0.182 e. The van der Waals surface area contributed by atoms with Gasteiger partial charge in [-0.1, -0.05) is 13.8 Å². The first-order valence-electron chi connectivity index (χ1n) is 6.80. The number of benzene rings is 1. The van der Waals surface area contributed by atoms with E-state index in [2.05, 4.69) is 29.4 Å². The Morgan fingerprint density at radius 2 is 1.89 bits per heavy atom. The predicted molar refractivity (Wildman–Crippen MR) is 74.3 cm³/mol. The van der Waals surface area contributed by atoms with Crippen molar-refractivity contribution in [1.29, 1.82) is 0 Å². The van der Waals surface area contributed by atoms with Gasteiger partial charge in [0.2, 0.25) is 0 Å². The second-order valence-corrected chi connectivity index (χ2v) is 5.55. The molecule has 1 aliphatic carbocycles. The number of hydrogen-bond acceptors (Lipinski definition) is 4. The Kier molecular flexibility index (Phi) is 2.97. The highest BCUT2D eigenvalue weighted by Gasteiger charge is 2.33. The summed E-state index contributed by atoms with van der Waals surface area (Å²) in [6.07, 6.45) is 2.39. The first-order valence-corrected chi connectivity index (χ1v) is 6.80. The first kappa shape index (κ1) is 12.1. The maximum Gasteiger partial charge on any atom is 0.182 e.